The van der Waals surface area contributed by atoms with Gasteiger partial charge in [-0.2, -0.15) is 0 Å². The average molecular weight is 246 g/mol. The first-order valence-corrected chi connectivity index (χ1v) is 6.06. The van der Waals surface area contributed by atoms with E-state index in [9.17, 15) is 0 Å². The molecule has 0 fully saturated rings. The highest BCUT2D eigenvalue weighted by Gasteiger charge is 2.09. The van der Waals surface area contributed by atoms with Crippen molar-refractivity contribution in [2.24, 2.45) is 0 Å². The Kier molecular flexibility index (Phi) is 4.50. The van der Waals surface area contributed by atoms with Gasteiger partial charge in [-0.3, -0.25) is 4.90 Å². The van der Waals surface area contributed by atoms with Crippen LogP contribution in [0.2, 0.25) is 0 Å². The van der Waals surface area contributed by atoms with Crippen molar-refractivity contribution in [2.75, 3.05) is 13.2 Å². The lowest BCUT2D eigenvalue weighted by molar-refractivity contribution is 0.172. The van der Waals surface area contributed by atoms with E-state index in [-0.39, 0.29) is 6.61 Å². The molecule has 0 aliphatic rings. The number of aromatic nitrogens is 1. The Morgan fingerprint density at radius 3 is 2.61 bits per heavy atom. The predicted molar refractivity (Wildman–Crippen MR) is 68.9 cm³/mol. The normalized spacial score (nSPS) is 11.1. The molecule has 0 saturated heterocycles. The van der Waals surface area contributed by atoms with Crippen LogP contribution in [0.1, 0.15) is 17.2 Å². The Balaban J connectivity index is 1.99. The molecule has 1 heterocycles. The summed E-state index contributed by atoms with van der Waals surface area (Å²) in [6, 6.07) is 10.2. The fourth-order valence-electron chi connectivity index (χ4n) is 1.86. The molecule has 0 atom stereocenters. The Hall–Kier alpha value is -1.65. The second-order valence-electron chi connectivity index (χ2n) is 4.28. The maximum absolute atomic E-state index is 9.11. The van der Waals surface area contributed by atoms with Gasteiger partial charge in [-0.15, -0.1) is 0 Å². The Bertz CT molecular complexity index is 468. The van der Waals surface area contributed by atoms with E-state index in [0.29, 0.717) is 19.0 Å². The first kappa shape index (κ1) is 12.8. The summed E-state index contributed by atoms with van der Waals surface area (Å²) in [6.45, 7) is 4.01. The number of hydrogen-bond acceptors (Lipinski definition) is 4. The highest BCUT2D eigenvalue weighted by atomic mass is 16.4. The summed E-state index contributed by atoms with van der Waals surface area (Å²) in [5.41, 5.74) is 1.22. The summed E-state index contributed by atoms with van der Waals surface area (Å²) in [4.78, 5) is 6.30. The van der Waals surface area contributed by atoms with E-state index in [2.05, 4.69) is 22.0 Å². The standard InChI is InChI=1S/C14H18N2O2/c1-12-9-15-14(18-12)11-16(7-8-17)10-13-5-3-2-4-6-13/h2-6,9,17H,7-8,10-11H2,1H3. The first-order chi connectivity index (χ1) is 8.78. The van der Waals surface area contributed by atoms with Crippen LogP contribution in [-0.2, 0) is 13.1 Å². The molecule has 0 amide bonds. The second-order valence-corrected chi connectivity index (χ2v) is 4.28. The molecule has 0 radical (unpaired) electrons. The number of aliphatic hydroxyl groups is 1. The van der Waals surface area contributed by atoms with Crippen molar-refractivity contribution in [3.8, 4) is 0 Å². The largest absolute Gasteiger partial charge is 0.445 e. The molecule has 0 unspecified atom stereocenters. The molecule has 0 spiro atoms. The van der Waals surface area contributed by atoms with Gasteiger partial charge in [-0.1, -0.05) is 30.3 Å². The predicted octanol–water partition coefficient (Wildman–Crippen LogP) is 1.98. The summed E-state index contributed by atoms with van der Waals surface area (Å²) in [7, 11) is 0. The molecule has 0 aliphatic heterocycles. The number of nitrogens with zero attached hydrogens (tertiary/aromatic N) is 2. The Labute approximate surface area is 107 Å². The topological polar surface area (TPSA) is 49.5 Å². The number of benzene rings is 1. The lowest BCUT2D eigenvalue weighted by Gasteiger charge is -2.19. The summed E-state index contributed by atoms with van der Waals surface area (Å²) < 4.78 is 5.46. The van der Waals surface area contributed by atoms with Crippen LogP contribution in [0.3, 0.4) is 0 Å². The average Bonchev–Trinajstić information content (AvgIpc) is 2.76. The van der Waals surface area contributed by atoms with Gasteiger partial charge in [0, 0.05) is 13.1 Å². The van der Waals surface area contributed by atoms with Gasteiger partial charge < -0.3 is 9.52 Å². The van der Waals surface area contributed by atoms with Crippen molar-refractivity contribution >= 4 is 0 Å². The van der Waals surface area contributed by atoms with E-state index in [1.807, 2.05) is 25.1 Å². The smallest absolute Gasteiger partial charge is 0.208 e. The maximum Gasteiger partial charge on any atom is 0.208 e. The zero-order valence-corrected chi connectivity index (χ0v) is 10.5. The number of oxazole rings is 1. The molecule has 4 heteroatoms. The van der Waals surface area contributed by atoms with Crippen molar-refractivity contribution in [3.63, 3.8) is 0 Å². The molecular weight excluding hydrogens is 228 g/mol. The van der Waals surface area contributed by atoms with Crippen LogP contribution in [0.25, 0.3) is 0 Å². The van der Waals surface area contributed by atoms with Crippen LogP contribution in [0.15, 0.2) is 40.9 Å². The van der Waals surface area contributed by atoms with Gasteiger partial charge in [-0.05, 0) is 12.5 Å². The molecule has 1 aromatic carbocycles. The van der Waals surface area contributed by atoms with Crippen molar-refractivity contribution in [2.45, 2.75) is 20.0 Å². The van der Waals surface area contributed by atoms with Crippen molar-refractivity contribution in [1.82, 2.24) is 9.88 Å². The van der Waals surface area contributed by atoms with Crippen LogP contribution >= 0.6 is 0 Å². The molecule has 2 aromatic rings. The van der Waals surface area contributed by atoms with Crippen molar-refractivity contribution < 1.29 is 9.52 Å². The Morgan fingerprint density at radius 2 is 2.00 bits per heavy atom. The van der Waals surface area contributed by atoms with Crippen LogP contribution < -0.4 is 0 Å². The minimum absolute atomic E-state index is 0.131. The highest BCUT2D eigenvalue weighted by Crippen LogP contribution is 2.09. The fraction of sp³-hybridized carbons (Fsp3) is 0.357. The van der Waals surface area contributed by atoms with Crippen LogP contribution in [0.4, 0.5) is 0 Å². The van der Waals surface area contributed by atoms with Gasteiger partial charge >= 0.3 is 0 Å². The van der Waals surface area contributed by atoms with Crippen LogP contribution in [0.5, 0.6) is 0 Å². The zero-order valence-electron chi connectivity index (χ0n) is 10.5. The zero-order chi connectivity index (χ0) is 12.8. The number of aliphatic hydroxyl groups excluding tert-OH is 1. The molecule has 4 nitrogen and oxygen atoms in total. The molecule has 1 aromatic heterocycles. The molecule has 0 aliphatic carbocycles. The minimum atomic E-state index is 0.131. The third kappa shape index (κ3) is 3.68. The molecule has 0 bridgehead atoms. The number of hydrogen-bond donors (Lipinski definition) is 1. The number of aryl methyl sites for hydroxylation is 1. The lowest BCUT2D eigenvalue weighted by atomic mass is 10.2. The van der Waals surface area contributed by atoms with Gasteiger partial charge in [0.05, 0.1) is 19.3 Å². The molecule has 0 saturated carbocycles. The SMILES string of the molecule is Cc1cnc(CN(CCO)Cc2ccccc2)o1. The molecule has 18 heavy (non-hydrogen) atoms. The summed E-state index contributed by atoms with van der Waals surface area (Å²) in [5, 5.41) is 9.11. The van der Waals surface area contributed by atoms with E-state index < -0.39 is 0 Å². The van der Waals surface area contributed by atoms with E-state index in [0.717, 1.165) is 12.3 Å². The van der Waals surface area contributed by atoms with E-state index in [4.69, 9.17) is 9.52 Å². The van der Waals surface area contributed by atoms with Crippen LogP contribution in [0, 0.1) is 6.92 Å². The minimum Gasteiger partial charge on any atom is -0.445 e. The van der Waals surface area contributed by atoms with E-state index in [1.165, 1.54) is 5.56 Å². The summed E-state index contributed by atoms with van der Waals surface area (Å²) in [6.07, 6.45) is 1.72. The number of rotatable bonds is 6. The Morgan fingerprint density at radius 1 is 1.22 bits per heavy atom. The molecule has 96 valence electrons. The van der Waals surface area contributed by atoms with E-state index in [1.54, 1.807) is 6.20 Å². The molecule has 2 rings (SSSR count). The van der Waals surface area contributed by atoms with Crippen molar-refractivity contribution in [3.05, 3.63) is 53.7 Å². The van der Waals surface area contributed by atoms with Gasteiger partial charge in [0.1, 0.15) is 5.76 Å². The first-order valence-electron chi connectivity index (χ1n) is 6.06. The van der Waals surface area contributed by atoms with Gasteiger partial charge in [0.15, 0.2) is 0 Å². The third-order valence-electron chi connectivity index (χ3n) is 2.69. The van der Waals surface area contributed by atoms with Gasteiger partial charge in [0.25, 0.3) is 0 Å². The summed E-state index contributed by atoms with van der Waals surface area (Å²) in [5.74, 6) is 1.51. The van der Waals surface area contributed by atoms with Crippen LogP contribution in [-0.4, -0.2) is 28.1 Å². The lowest BCUT2D eigenvalue weighted by Crippen LogP contribution is -2.26. The molecular formula is C14H18N2O2. The fourth-order valence-corrected chi connectivity index (χ4v) is 1.86. The highest BCUT2D eigenvalue weighted by molar-refractivity contribution is 5.14. The van der Waals surface area contributed by atoms with E-state index >= 15 is 0 Å². The maximum atomic E-state index is 9.11. The third-order valence-corrected chi connectivity index (χ3v) is 2.69. The summed E-state index contributed by atoms with van der Waals surface area (Å²) >= 11 is 0. The monoisotopic (exact) mass is 246 g/mol. The quantitative estimate of drug-likeness (QED) is 0.846. The van der Waals surface area contributed by atoms with Gasteiger partial charge in [-0.25, -0.2) is 4.98 Å². The molecule has 1 N–H and O–H groups in total. The van der Waals surface area contributed by atoms with Gasteiger partial charge in [0.2, 0.25) is 5.89 Å². The van der Waals surface area contributed by atoms with Crippen molar-refractivity contribution in [1.29, 1.82) is 0 Å². The second kappa shape index (κ2) is 6.33.